The molecule has 0 amide bonds. The van der Waals surface area contributed by atoms with Gasteiger partial charge in [-0.15, -0.1) is 11.3 Å². The van der Waals surface area contributed by atoms with E-state index in [1.165, 1.54) is 12.1 Å². The Bertz CT molecular complexity index is 527. The van der Waals surface area contributed by atoms with Crippen LogP contribution >= 0.6 is 33.9 Å². The number of fused-ring (bicyclic) bond motifs is 1. The van der Waals surface area contributed by atoms with E-state index in [4.69, 9.17) is 5.26 Å². The molecule has 0 aliphatic heterocycles. The van der Waals surface area contributed by atoms with E-state index in [1.807, 2.05) is 0 Å². The predicted molar refractivity (Wildman–Crippen MR) is 63.8 cm³/mol. The van der Waals surface area contributed by atoms with Gasteiger partial charge in [-0.3, -0.25) is 0 Å². The quantitative estimate of drug-likeness (QED) is 0.736. The Balaban J connectivity index is 2.69. The van der Waals surface area contributed by atoms with Crippen LogP contribution in [0.3, 0.4) is 0 Å². The van der Waals surface area contributed by atoms with Gasteiger partial charge in [-0.05, 0) is 40.8 Å². The first-order chi connectivity index (χ1) is 6.72. The van der Waals surface area contributed by atoms with Crippen LogP contribution in [0.25, 0.3) is 10.1 Å². The number of rotatable bonds is 1. The molecule has 0 saturated carbocycles. The van der Waals surface area contributed by atoms with Crippen LogP contribution in [0.15, 0.2) is 18.2 Å². The summed E-state index contributed by atoms with van der Waals surface area (Å²) in [6.45, 7) is 0. The van der Waals surface area contributed by atoms with Crippen molar-refractivity contribution in [3.8, 4) is 6.07 Å². The lowest BCUT2D eigenvalue weighted by molar-refractivity contribution is 0.630. The molecule has 70 valence electrons. The monoisotopic (exact) mass is 317 g/mol. The van der Waals surface area contributed by atoms with Crippen LogP contribution in [0.2, 0.25) is 0 Å². The molecular weight excluding hydrogens is 312 g/mol. The van der Waals surface area contributed by atoms with E-state index in [2.05, 4.69) is 28.7 Å². The maximum atomic E-state index is 12.9. The molecule has 14 heavy (non-hydrogen) atoms. The molecule has 0 unspecified atom stereocenters. The van der Waals surface area contributed by atoms with Crippen LogP contribution in [0.1, 0.15) is 4.88 Å². The normalized spacial score (nSPS) is 10.4. The van der Waals surface area contributed by atoms with Crippen molar-refractivity contribution >= 4 is 44.0 Å². The molecular formula is C10H5FINS. The predicted octanol–water partition coefficient (Wildman–Crippen LogP) is 3.71. The zero-order chi connectivity index (χ0) is 10.1. The van der Waals surface area contributed by atoms with Gasteiger partial charge in [0.1, 0.15) is 5.82 Å². The van der Waals surface area contributed by atoms with E-state index < -0.39 is 0 Å². The molecule has 0 spiro atoms. The number of hydrogen-bond acceptors (Lipinski definition) is 2. The fourth-order valence-electron chi connectivity index (χ4n) is 1.28. The first-order valence-corrected chi connectivity index (χ1v) is 5.85. The summed E-state index contributed by atoms with van der Waals surface area (Å²) in [6.07, 6.45) is 0.402. The van der Waals surface area contributed by atoms with E-state index in [-0.39, 0.29) is 5.82 Å². The van der Waals surface area contributed by atoms with Crippen molar-refractivity contribution in [2.24, 2.45) is 0 Å². The highest BCUT2D eigenvalue weighted by molar-refractivity contribution is 14.1. The van der Waals surface area contributed by atoms with Gasteiger partial charge in [0.25, 0.3) is 0 Å². The average Bonchev–Trinajstić information content (AvgIpc) is 2.46. The molecule has 2 aromatic rings. The molecule has 1 aromatic heterocycles. The minimum atomic E-state index is -0.225. The molecule has 1 aromatic carbocycles. The molecule has 0 atom stereocenters. The largest absolute Gasteiger partial charge is 0.207 e. The van der Waals surface area contributed by atoms with Crippen LogP contribution in [-0.2, 0) is 6.42 Å². The zero-order valence-electron chi connectivity index (χ0n) is 7.05. The molecule has 4 heteroatoms. The average molecular weight is 317 g/mol. The highest BCUT2D eigenvalue weighted by Crippen LogP contribution is 2.33. The molecule has 0 bridgehead atoms. The summed E-state index contributed by atoms with van der Waals surface area (Å²) in [5, 5.41) is 9.52. The molecule has 2 rings (SSSR count). The number of hydrogen-bond donors (Lipinski definition) is 0. The summed E-state index contributed by atoms with van der Waals surface area (Å²) in [4.78, 5) is 1.02. The topological polar surface area (TPSA) is 23.8 Å². The summed E-state index contributed by atoms with van der Waals surface area (Å²) in [6, 6.07) is 6.85. The Morgan fingerprint density at radius 2 is 2.29 bits per heavy atom. The Labute approximate surface area is 98.3 Å². The smallest absolute Gasteiger partial charge is 0.123 e. The maximum absolute atomic E-state index is 12.9. The third-order valence-electron chi connectivity index (χ3n) is 1.90. The molecule has 0 fully saturated rings. The van der Waals surface area contributed by atoms with Crippen LogP contribution < -0.4 is 0 Å². The lowest BCUT2D eigenvalue weighted by atomic mass is 10.2. The Morgan fingerprint density at radius 1 is 1.50 bits per heavy atom. The zero-order valence-corrected chi connectivity index (χ0v) is 10.0. The van der Waals surface area contributed by atoms with Crippen molar-refractivity contribution in [1.82, 2.24) is 0 Å². The lowest BCUT2D eigenvalue weighted by Gasteiger charge is -1.90. The van der Waals surface area contributed by atoms with Crippen molar-refractivity contribution in [3.63, 3.8) is 0 Å². The van der Waals surface area contributed by atoms with Crippen molar-refractivity contribution in [2.75, 3.05) is 0 Å². The van der Waals surface area contributed by atoms with Gasteiger partial charge in [-0.1, -0.05) is 0 Å². The highest BCUT2D eigenvalue weighted by Gasteiger charge is 2.09. The van der Waals surface area contributed by atoms with Crippen molar-refractivity contribution in [2.45, 2.75) is 6.42 Å². The van der Waals surface area contributed by atoms with Gasteiger partial charge in [0.05, 0.1) is 12.5 Å². The molecule has 0 aliphatic carbocycles. The van der Waals surface area contributed by atoms with Crippen LogP contribution in [0, 0.1) is 20.7 Å². The second kappa shape index (κ2) is 3.83. The lowest BCUT2D eigenvalue weighted by Crippen LogP contribution is -1.78. The summed E-state index contributed by atoms with van der Waals surface area (Å²) in [5.74, 6) is -0.225. The van der Waals surface area contributed by atoms with Gasteiger partial charge in [0.2, 0.25) is 0 Å². The third-order valence-corrected chi connectivity index (χ3v) is 4.66. The van der Waals surface area contributed by atoms with Gasteiger partial charge >= 0.3 is 0 Å². The SMILES string of the molecule is N#CCc1sc2ccc(F)cc2c1I. The molecule has 1 nitrogen and oxygen atoms in total. The first kappa shape index (κ1) is 9.87. The van der Waals surface area contributed by atoms with E-state index in [1.54, 1.807) is 17.4 Å². The molecule has 0 N–H and O–H groups in total. The Morgan fingerprint density at radius 3 is 3.00 bits per heavy atom. The van der Waals surface area contributed by atoms with Crippen LogP contribution in [0.4, 0.5) is 4.39 Å². The van der Waals surface area contributed by atoms with Crippen molar-refractivity contribution in [3.05, 3.63) is 32.5 Å². The van der Waals surface area contributed by atoms with E-state index in [9.17, 15) is 4.39 Å². The summed E-state index contributed by atoms with van der Waals surface area (Å²) >= 11 is 3.73. The van der Waals surface area contributed by atoms with Crippen molar-refractivity contribution < 1.29 is 4.39 Å². The van der Waals surface area contributed by atoms with E-state index in [0.717, 1.165) is 18.5 Å². The minimum Gasteiger partial charge on any atom is -0.207 e. The molecule has 0 aliphatic rings. The number of benzene rings is 1. The number of halogens is 2. The van der Waals surface area contributed by atoms with Gasteiger partial charge in [0.15, 0.2) is 0 Å². The Kier molecular flexibility index (Phi) is 2.70. The molecule has 1 heterocycles. The van der Waals surface area contributed by atoms with Gasteiger partial charge in [0, 0.05) is 18.5 Å². The second-order valence-electron chi connectivity index (χ2n) is 2.81. The minimum absolute atomic E-state index is 0.225. The maximum Gasteiger partial charge on any atom is 0.123 e. The Hall–Kier alpha value is -0.670. The van der Waals surface area contributed by atoms with Crippen LogP contribution in [0.5, 0.6) is 0 Å². The van der Waals surface area contributed by atoms with Gasteiger partial charge < -0.3 is 0 Å². The number of nitrogens with zero attached hydrogens (tertiary/aromatic N) is 1. The number of thiophene rings is 1. The third kappa shape index (κ3) is 1.62. The van der Waals surface area contributed by atoms with Gasteiger partial charge in [-0.25, -0.2) is 4.39 Å². The summed E-state index contributed by atoms with van der Waals surface area (Å²) in [7, 11) is 0. The van der Waals surface area contributed by atoms with E-state index >= 15 is 0 Å². The van der Waals surface area contributed by atoms with E-state index in [0.29, 0.717) is 6.42 Å². The first-order valence-electron chi connectivity index (χ1n) is 3.95. The van der Waals surface area contributed by atoms with Gasteiger partial charge in [-0.2, -0.15) is 5.26 Å². The summed E-state index contributed by atoms with van der Waals surface area (Å²) < 4.78 is 15.0. The fraction of sp³-hybridized carbons (Fsp3) is 0.100. The summed E-state index contributed by atoms with van der Waals surface area (Å²) in [5.41, 5.74) is 0. The molecule has 0 saturated heterocycles. The molecule has 0 radical (unpaired) electrons. The highest BCUT2D eigenvalue weighted by atomic mass is 127. The fourth-order valence-corrected chi connectivity index (χ4v) is 3.43. The second-order valence-corrected chi connectivity index (χ2v) is 5.03. The van der Waals surface area contributed by atoms with Crippen LogP contribution in [-0.4, -0.2) is 0 Å². The van der Waals surface area contributed by atoms with Crippen molar-refractivity contribution in [1.29, 1.82) is 5.26 Å². The standard InChI is InChI=1S/C10H5FINS/c11-6-1-2-8-7(5-6)10(12)9(14-8)3-4-13/h1-2,5H,3H2. The number of nitriles is 1.